The number of amides is 4. The van der Waals surface area contributed by atoms with Gasteiger partial charge in [-0.2, -0.15) is 0 Å². The van der Waals surface area contributed by atoms with Crippen LogP contribution >= 0.6 is 11.6 Å². The molecule has 0 bridgehead atoms. The first-order valence-electron chi connectivity index (χ1n) is 15.0. The van der Waals surface area contributed by atoms with Crippen molar-refractivity contribution in [3.63, 3.8) is 0 Å². The Morgan fingerprint density at radius 3 is 2.62 bits per heavy atom. The number of carbonyl (C=O) groups is 3. The molecular weight excluding hydrogens is 530 g/mol. The molecule has 0 unspecified atom stereocenters. The summed E-state index contributed by atoms with van der Waals surface area (Å²) in [4.78, 5) is 39.6. The van der Waals surface area contributed by atoms with Crippen molar-refractivity contribution in [3.8, 4) is 0 Å². The third-order valence-electron chi connectivity index (χ3n) is 8.51. The predicted octanol–water partition coefficient (Wildman–Crippen LogP) is 4.92. The van der Waals surface area contributed by atoms with Crippen molar-refractivity contribution in [2.75, 3.05) is 33.3 Å². The van der Waals surface area contributed by atoms with E-state index in [-0.39, 0.29) is 30.5 Å². The van der Waals surface area contributed by atoms with Gasteiger partial charge in [-0.1, -0.05) is 62.8 Å². The van der Waals surface area contributed by atoms with Crippen LogP contribution < -0.4 is 21.7 Å². The van der Waals surface area contributed by atoms with Crippen LogP contribution in [0.15, 0.2) is 24.3 Å². The van der Waals surface area contributed by atoms with Crippen LogP contribution in [0.2, 0.25) is 5.02 Å². The number of primary amides is 1. The van der Waals surface area contributed by atoms with Gasteiger partial charge < -0.3 is 31.3 Å². The largest absolute Gasteiger partial charge is 0.450 e. The highest BCUT2D eigenvalue weighted by Gasteiger charge is 2.44. The molecule has 1 saturated heterocycles. The minimum absolute atomic E-state index is 0.0559. The van der Waals surface area contributed by atoms with E-state index >= 15 is 0 Å². The van der Waals surface area contributed by atoms with Crippen molar-refractivity contribution in [3.05, 3.63) is 34.9 Å². The van der Waals surface area contributed by atoms with Crippen molar-refractivity contribution >= 4 is 29.6 Å². The highest BCUT2D eigenvalue weighted by molar-refractivity contribution is 6.30. The van der Waals surface area contributed by atoms with Gasteiger partial charge in [0.15, 0.2) is 0 Å². The number of hydrogen-bond acceptors (Lipinski definition) is 5. The molecule has 224 valence electrons. The van der Waals surface area contributed by atoms with Gasteiger partial charge in [-0.25, -0.2) is 9.59 Å². The second-order valence-corrected chi connectivity index (χ2v) is 11.8. The van der Waals surface area contributed by atoms with E-state index in [1.807, 2.05) is 43.1 Å². The van der Waals surface area contributed by atoms with Gasteiger partial charge in [-0.15, -0.1) is 0 Å². The van der Waals surface area contributed by atoms with Gasteiger partial charge in [0.2, 0.25) is 5.91 Å². The number of piperidine rings is 1. The second kappa shape index (κ2) is 16.1. The lowest BCUT2D eigenvalue weighted by molar-refractivity contribution is -0.124. The van der Waals surface area contributed by atoms with Gasteiger partial charge in [0.05, 0.1) is 12.1 Å². The summed E-state index contributed by atoms with van der Waals surface area (Å²) in [5, 5.41) is 10.5. The van der Waals surface area contributed by atoms with Crippen molar-refractivity contribution in [1.29, 1.82) is 0 Å². The molecule has 4 amide bonds. The maximum Gasteiger partial charge on any atom is 0.404 e. The highest BCUT2D eigenvalue weighted by atomic mass is 35.5. The van der Waals surface area contributed by atoms with Crippen LogP contribution in [0.3, 0.4) is 0 Å². The van der Waals surface area contributed by atoms with Crippen molar-refractivity contribution in [2.24, 2.45) is 17.6 Å². The molecule has 0 spiro atoms. The average molecular weight is 578 g/mol. The zero-order chi connectivity index (χ0) is 29.0. The Hall–Kier alpha value is -2.52. The summed E-state index contributed by atoms with van der Waals surface area (Å²) >= 11 is 6.43. The third-order valence-corrected chi connectivity index (χ3v) is 8.74. The Morgan fingerprint density at radius 2 is 1.95 bits per heavy atom. The standard InChI is InChI=1S/C30H48ClN5O4/c1-3-27(37)35-30(15-9-17-40-28(32)38,23-12-7-14-25(31)19-23)24-13-8-16-36(21-24)29(39)34-26(20-33-2)18-22-10-5-4-6-11-22/h7,12,14,19,22,24,26,33H,3-6,8-11,13,15-18,20-21H2,1-2H3,(H2,32,38)(H,34,39)(H,35,37)/t24-,26+,30+/m1/s1. The number of ether oxygens (including phenoxy) is 1. The highest BCUT2D eigenvalue weighted by Crippen LogP contribution is 2.40. The lowest BCUT2D eigenvalue weighted by Gasteiger charge is -2.47. The number of rotatable bonds is 13. The maximum absolute atomic E-state index is 13.6. The summed E-state index contributed by atoms with van der Waals surface area (Å²) in [6, 6.07) is 7.57. The van der Waals surface area contributed by atoms with E-state index in [1.165, 1.54) is 32.1 Å². The monoisotopic (exact) mass is 577 g/mol. The summed E-state index contributed by atoms with van der Waals surface area (Å²) in [5.41, 5.74) is 5.29. The summed E-state index contributed by atoms with van der Waals surface area (Å²) in [7, 11) is 1.93. The number of nitrogens with zero attached hydrogens (tertiary/aromatic N) is 1. The van der Waals surface area contributed by atoms with Gasteiger partial charge in [0.25, 0.3) is 0 Å². The maximum atomic E-state index is 13.6. The molecule has 9 nitrogen and oxygen atoms in total. The van der Waals surface area contributed by atoms with Crippen LogP contribution in [-0.2, 0) is 15.1 Å². The molecule has 1 saturated carbocycles. The Kier molecular flexibility index (Phi) is 12.8. The Labute approximate surface area is 244 Å². The number of benzene rings is 1. The van der Waals surface area contributed by atoms with Gasteiger partial charge in [-0.3, -0.25) is 4.79 Å². The molecule has 1 heterocycles. The van der Waals surface area contributed by atoms with Gasteiger partial charge >= 0.3 is 12.1 Å². The lowest BCUT2D eigenvalue weighted by Crippen LogP contribution is -2.58. The smallest absolute Gasteiger partial charge is 0.404 e. The van der Waals surface area contributed by atoms with Crippen molar-refractivity contribution < 1.29 is 19.1 Å². The molecule has 0 aromatic heterocycles. The quantitative estimate of drug-likeness (QED) is 0.248. The molecule has 2 aliphatic rings. The molecule has 1 aromatic carbocycles. The topological polar surface area (TPSA) is 126 Å². The van der Waals surface area contributed by atoms with E-state index < -0.39 is 11.6 Å². The second-order valence-electron chi connectivity index (χ2n) is 11.4. The van der Waals surface area contributed by atoms with Gasteiger partial charge in [-0.05, 0) is 62.8 Å². The van der Waals surface area contributed by atoms with E-state index in [1.54, 1.807) is 0 Å². The number of likely N-dealkylation sites (N-methyl/N-ethyl adjacent to an activating group) is 1. The molecule has 2 fully saturated rings. The number of hydrogen-bond donors (Lipinski definition) is 4. The minimum Gasteiger partial charge on any atom is -0.450 e. The van der Waals surface area contributed by atoms with Crippen LogP contribution in [0.5, 0.6) is 0 Å². The molecule has 10 heteroatoms. The lowest BCUT2D eigenvalue weighted by atomic mass is 9.71. The summed E-state index contributed by atoms with van der Waals surface area (Å²) in [6.07, 6.45) is 9.48. The number of nitrogens with two attached hydrogens (primary N) is 1. The van der Waals surface area contributed by atoms with Gasteiger partial charge in [0.1, 0.15) is 0 Å². The molecule has 0 radical (unpaired) electrons. The Bertz CT molecular complexity index is 973. The number of likely N-dealkylation sites (tertiary alicyclic amines) is 1. The molecule has 3 rings (SSSR count). The summed E-state index contributed by atoms with van der Waals surface area (Å²) in [6.45, 7) is 3.86. The van der Waals surface area contributed by atoms with Crippen molar-refractivity contribution in [1.82, 2.24) is 20.9 Å². The molecule has 1 aliphatic heterocycles. The van der Waals surface area contributed by atoms with Gasteiger partial charge in [0, 0.05) is 43.0 Å². The van der Waals surface area contributed by atoms with Crippen LogP contribution in [-0.4, -0.2) is 62.3 Å². The number of urea groups is 1. The summed E-state index contributed by atoms with van der Waals surface area (Å²) < 4.78 is 5.02. The van der Waals surface area contributed by atoms with Crippen LogP contribution in [0, 0.1) is 11.8 Å². The first-order valence-corrected chi connectivity index (χ1v) is 15.3. The van der Waals surface area contributed by atoms with E-state index in [9.17, 15) is 14.4 Å². The molecule has 3 atom stereocenters. The molecular formula is C30H48ClN5O4. The van der Waals surface area contributed by atoms with Crippen LogP contribution in [0.1, 0.15) is 83.1 Å². The number of halogens is 1. The fraction of sp³-hybridized carbons (Fsp3) is 0.700. The van der Waals surface area contributed by atoms with Crippen molar-refractivity contribution in [2.45, 2.75) is 89.1 Å². The number of nitrogens with one attached hydrogen (secondary N) is 3. The molecule has 1 aliphatic carbocycles. The normalized spacial score (nSPS) is 20.3. The first kappa shape index (κ1) is 32.0. The van der Waals surface area contributed by atoms with Crippen LogP contribution in [0.4, 0.5) is 9.59 Å². The fourth-order valence-corrected chi connectivity index (χ4v) is 6.73. The zero-order valence-corrected chi connectivity index (χ0v) is 24.9. The fourth-order valence-electron chi connectivity index (χ4n) is 6.54. The SMILES string of the molecule is CCC(=O)N[C@@](CCCOC(N)=O)(c1cccc(Cl)c1)[C@@H]1CCCN(C(=O)N[C@H](CNC)CC2CCCCC2)C1. The Balaban J connectivity index is 1.82. The average Bonchev–Trinajstić information content (AvgIpc) is 2.95. The van der Waals surface area contributed by atoms with E-state index in [4.69, 9.17) is 22.1 Å². The zero-order valence-electron chi connectivity index (χ0n) is 24.2. The van der Waals surface area contributed by atoms with Crippen LogP contribution in [0.25, 0.3) is 0 Å². The molecule has 5 N–H and O–H groups in total. The molecule has 1 aromatic rings. The first-order chi connectivity index (χ1) is 19.3. The minimum atomic E-state index is -0.823. The van der Waals surface area contributed by atoms with E-state index in [2.05, 4.69) is 16.0 Å². The van der Waals surface area contributed by atoms with E-state index in [0.29, 0.717) is 43.3 Å². The van der Waals surface area contributed by atoms with E-state index in [0.717, 1.165) is 31.4 Å². The summed E-state index contributed by atoms with van der Waals surface area (Å²) in [5.74, 6) is 0.512. The Morgan fingerprint density at radius 1 is 1.18 bits per heavy atom. The predicted molar refractivity (Wildman–Crippen MR) is 158 cm³/mol. The number of carbonyl (C=O) groups excluding carboxylic acids is 3. The molecule has 40 heavy (non-hydrogen) atoms. The third kappa shape index (κ3) is 9.26.